The molecule has 5 heteroatoms. The molecule has 0 radical (unpaired) electrons. The van der Waals surface area contributed by atoms with Crippen molar-refractivity contribution in [3.63, 3.8) is 0 Å². The molecule has 100 valence electrons. The molecule has 0 aliphatic heterocycles. The Hall–Kier alpha value is -1.88. The Kier molecular flexibility index (Phi) is 4.16. The van der Waals surface area contributed by atoms with Crippen LogP contribution in [0.3, 0.4) is 0 Å². The van der Waals surface area contributed by atoms with Gasteiger partial charge in [-0.25, -0.2) is 4.98 Å². The highest BCUT2D eigenvalue weighted by Crippen LogP contribution is 2.28. The zero-order chi connectivity index (χ0) is 13.8. The molecule has 1 unspecified atom stereocenters. The van der Waals surface area contributed by atoms with E-state index in [4.69, 9.17) is 0 Å². The third kappa shape index (κ3) is 3.32. The number of ether oxygens (including phenoxy) is 1. The van der Waals surface area contributed by atoms with Gasteiger partial charge in [0.25, 0.3) is 0 Å². The molecule has 1 heterocycles. The van der Waals surface area contributed by atoms with E-state index < -0.39 is 0 Å². The summed E-state index contributed by atoms with van der Waals surface area (Å²) in [6.07, 6.45) is 0.332. The number of methoxy groups -OCH3 is 1. The summed E-state index contributed by atoms with van der Waals surface area (Å²) in [6.45, 7) is 1.95. The number of carbonyl (C=O) groups excluding carboxylic acids is 1. The highest BCUT2D eigenvalue weighted by molar-refractivity contribution is 7.10. The molecule has 1 N–H and O–H groups in total. The van der Waals surface area contributed by atoms with Crippen molar-refractivity contribution in [2.45, 2.75) is 19.3 Å². The minimum atomic E-state index is -0.228. The summed E-state index contributed by atoms with van der Waals surface area (Å²) in [5.41, 5.74) is 1.81. The Labute approximate surface area is 115 Å². The lowest BCUT2D eigenvalue weighted by atomic mass is 10.1. The molecule has 0 aliphatic carbocycles. The minimum Gasteiger partial charge on any atom is -0.508 e. The molecule has 0 fully saturated rings. The van der Waals surface area contributed by atoms with Gasteiger partial charge in [0, 0.05) is 16.9 Å². The zero-order valence-electron chi connectivity index (χ0n) is 10.8. The number of hydrogen-bond acceptors (Lipinski definition) is 5. The number of esters is 1. The molecule has 0 bridgehead atoms. The van der Waals surface area contributed by atoms with Gasteiger partial charge >= 0.3 is 5.97 Å². The zero-order valence-corrected chi connectivity index (χ0v) is 11.6. The van der Waals surface area contributed by atoms with Crippen LogP contribution in [0.4, 0.5) is 0 Å². The summed E-state index contributed by atoms with van der Waals surface area (Å²) in [7, 11) is 1.39. The summed E-state index contributed by atoms with van der Waals surface area (Å²) < 4.78 is 4.66. The normalized spacial score (nSPS) is 12.1. The summed E-state index contributed by atoms with van der Waals surface area (Å²) in [5.74, 6) is 0.0514. The van der Waals surface area contributed by atoms with E-state index in [1.165, 1.54) is 18.4 Å². The Balaban J connectivity index is 2.14. The molecular weight excluding hydrogens is 262 g/mol. The second-order valence-corrected chi connectivity index (χ2v) is 5.19. The molecule has 0 saturated carbocycles. The first kappa shape index (κ1) is 13.5. The van der Waals surface area contributed by atoms with E-state index in [9.17, 15) is 9.90 Å². The largest absolute Gasteiger partial charge is 0.508 e. The van der Waals surface area contributed by atoms with Crippen LogP contribution in [-0.4, -0.2) is 23.2 Å². The maximum atomic E-state index is 11.2. The number of phenols is 1. The highest BCUT2D eigenvalue weighted by Gasteiger charge is 2.15. The number of nitrogens with zero attached hydrogens (tertiary/aromatic N) is 1. The minimum absolute atomic E-state index is 0.0447. The Bertz CT molecular complexity index is 562. The second-order valence-electron chi connectivity index (χ2n) is 4.30. The van der Waals surface area contributed by atoms with Crippen molar-refractivity contribution in [1.82, 2.24) is 4.98 Å². The van der Waals surface area contributed by atoms with Gasteiger partial charge in [-0.15, -0.1) is 11.3 Å². The number of aromatic nitrogens is 1. The van der Waals surface area contributed by atoms with E-state index in [0.29, 0.717) is 6.42 Å². The fraction of sp³-hybridized carbons (Fsp3) is 0.286. The third-order valence-electron chi connectivity index (χ3n) is 2.81. The van der Waals surface area contributed by atoms with Crippen LogP contribution in [0, 0.1) is 0 Å². The van der Waals surface area contributed by atoms with Gasteiger partial charge in [-0.05, 0) is 24.3 Å². The average Bonchev–Trinajstić information content (AvgIpc) is 2.89. The molecule has 1 aromatic carbocycles. The van der Waals surface area contributed by atoms with Crippen molar-refractivity contribution < 1.29 is 14.6 Å². The lowest BCUT2D eigenvalue weighted by Crippen LogP contribution is -2.05. The second kappa shape index (κ2) is 5.84. The van der Waals surface area contributed by atoms with E-state index in [1.807, 2.05) is 24.4 Å². The van der Waals surface area contributed by atoms with Crippen LogP contribution in [0.2, 0.25) is 0 Å². The predicted octanol–water partition coefficient (Wildman–Crippen LogP) is 3.18. The Morgan fingerprint density at radius 3 is 2.74 bits per heavy atom. The Morgan fingerprint density at radius 1 is 1.42 bits per heavy atom. The smallest absolute Gasteiger partial charge is 0.306 e. The molecule has 1 aromatic heterocycles. The molecule has 0 amide bonds. The molecular formula is C14H15NO3S. The molecule has 1 atom stereocenters. The number of aromatic hydroxyl groups is 1. The monoisotopic (exact) mass is 277 g/mol. The predicted molar refractivity (Wildman–Crippen MR) is 74.3 cm³/mol. The number of benzene rings is 1. The van der Waals surface area contributed by atoms with Gasteiger partial charge in [-0.1, -0.05) is 6.92 Å². The molecule has 19 heavy (non-hydrogen) atoms. The third-order valence-corrected chi connectivity index (χ3v) is 3.88. The number of thiazole rings is 1. The quantitative estimate of drug-likeness (QED) is 0.872. The van der Waals surface area contributed by atoms with Gasteiger partial charge in [0.1, 0.15) is 5.75 Å². The van der Waals surface area contributed by atoms with Gasteiger partial charge in [0.05, 0.1) is 24.2 Å². The molecule has 4 nitrogen and oxygen atoms in total. The van der Waals surface area contributed by atoms with E-state index in [2.05, 4.69) is 9.72 Å². The van der Waals surface area contributed by atoms with Crippen molar-refractivity contribution in [1.29, 1.82) is 0 Å². The number of phenolic OH excluding ortho intramolecular Hbond substituents is 1. The van der Waals surface area contributed by atoms with Crippen molar-refractivity contribution in [3.05, 3.63) is 34.7 Å². The number of carbonyl (C=O) groups is 1. The van der Waals surface area contributed by atoms with Crippen LogP contribution in [-0.2, 0) is 9.53 Å². The summed E-state index contributed by atoms with van der Waals surface area (Å²) in [4.78, 5) is 15.8. The fourth-order valence-corrected chi connectivity index (χ4v) is 2.59. The van der Waals surface area contributed by atoms with Gasteiger partial charge in [0.15, 0.2) is 0 Å². The van der Waals surface area contributed by atoms with Crippen molar-refractivity contribution in [3.8, 4) is 17.0 Å². The maximum Gasteiger partial charge on any atom is 0.306 e. The number of hydrogen-bond donors (Lipinski definition) is 1. The standard InChI is InChI=1S/C14H15NO3S/c1-9(7-13(17)18-2)14-15-12(8-19-14)10-3-5-11(16)6-4-10/h3-6,8-9,16H,7H2,1-2H3. The first-order valence-corrected chi connectivity index (χ1v) is 6.79. The van der Waals surface area contributed by atoms with Crippen LogP contribution >= 0.6 is 11.3 Å². The van der Waals surface area contributed by atoms with Gasteiger partial charge < -0.3 is 9.84 Å². The molecule has 0 saturated heterocycles. The van der Waals surface area contributed by atoms with Crippen LogP contribution in [0.5, 0.6) is 5.75 Å². The summed E-state index contributed by atoms with van der Waals surface area (Å²) in [5, 5.41) is 12.1. The topological polar surface area (TPSA) is 59.4 Å². The summed E-state index contributed by atoms with van der Waals surface area (Å²) >= 11 is 1.53. The fourth-order valence-electron chi connectivity index (χ4n) is 1.70. The van der Waals surface area contributed by atoms with E-state index in [0.717, 1.165) is 16.3 Å². The van der Waals surface area contributed by atoms with Crippen LogP contribution in [0.1, 0.15) is 24.3 Å². The van der Waals surface area contributed by atoms with E-state index in [-0.39, 0.29) is 17.6 Å². The van der Waals surface area contributed by atoms with Crippen molar-refractivity contribution in [2.24, 2.45) is 0 Å². The summed E-state index contributed by atoms with van der Waals surface area (Å²) in [6, 6.07) is 6.90. The average molecular weight is 277 g/mol. The highest BCUT2D eigenvalue weighted by atomic mass is 32.1. The lowest BCUT2D eigenvalue weighted by molar-refractivity contribution is -0.140. The lowest BCUT2D eigenvalue weighted by Gasteiger charge is -2.05. The van der Waals surface area contributed by atoms with Crippen LogP contribution in [0.25, 0.3) is 11.3 Å². The first-order chi connectivity index (χ1) is 9.10. The van der Waals surface area contributed by atoms with Gasteiger partial charge in [0.2, 0.25) is 0 Å². The van der Waals surface area contributed by atoms with E-state index in [1.54, 1.807) is 12.1 Å². The van der Waals surface area contributed by atoms with E-state index >= 15 is 0 Å². The van der Waals surface area contributed by atoms with Crippen LogP contribution in [0.15, 0.2) is 29.6 Å². The Morgan fingerprint density at radius 2 is 2.11 bits per heavy atom. The maximum absolute atomic E-state index is 11.2. The molecule has 0 aliphatic rings. The van der Waals surface area contributed by atoms with Crippen molar-refractivity contribution in [2.75, 3.05) is 7.11 Å². The SMILES string of the molecule is COC(=O)CC(C)c1nc(-c2ccc(O)cc2)cs1. The first-order valence-electron chi connectivity index (χ1n) is 5.92. The van der Waals surface area contributed by atoms with Crippen molar-refractivity contribution >= 4 is 17.3 Å². The van der Waals surface area contributed by atoms with Gasteiger partial charge in [-0.3, -0.25) is 4.79 Å². The molecule has 0 spiro atoms. The number of rotatable bonds is 4. The van der Waals surface area contributed by atoms with Crippen LogP contribution < -0.4 is 0 Å². The molecule has 2 aromatic rings. The molecule has 2 rings (SSSR count). The van der Waals surface area contributed by atoms with Gasteiger partial charge in [-0.2, -0.15) is 0 Å².